The predicted molar refractivity (Wildman–Crippen MR) is 136 cm³/mol. The number of amides is 2. The van der Waals surface area contributed by atoms with Gasteiger partial charge in [0.25, 0.3) is 5.91 Å². The summed E-state index contributed by atoms with van der Waals surface area (Å²) in [7, 11) is 0. The smallest absolute Gasteiger partial charge is 0.345 e. The summed E-state index contributed by atoms with van der Waals surface area (Å²) in [5.74, 6) is -7.36. The number of carbonyl (C=O) groups excluding carboxylic acids is 2. The molecule has 2 aromatic carbocycles. The Kier molecular flexibility index (Phi) is 11.1. The van der Waals surface area contributed by atoms with Gasteiger partial charge in [-0.15, -0.1) is 6.58 Å². The number of alkyl halides is 9. The van der Waals surface area contributed by atoms with Gasteiger partial charge in [-0.05, 0) is 54.8 Å². The highest BCUT2D eigenvalue weighted by Gasteiger charge is 2.41. The van der Waals surface area contributed by atoms with E-state index in [2.05, 4.69) is 6.58 Å². The summed E-state index contributed by atoms with van der Waals surface area (Å²) >= 11 is 12.0. The lowest BCUT2D eigenvalue weighted by atomic mass is 9.94. The Balaban J connectivity index is 2.47. The lowest BCUT2D eigenvalue weighted by Crippen LogP contribution is -2.47. The van der Waals surface area contributed by atoms with Gasteiger partial charge in [0.05, 0.1) is 11.1 Å². The highest BCUT2D eigenvalue weighted by atomic mass is 35.5. The number of allylic oxidation sites excluding steroid dienone is 2. The monoisotopic (exact) mass is 652 g/mol. The molecule has 2 N–H and O–H groups in total. The second-order valence-corrected chi connectivity index (χ2v) is 9.59. The second-order valence-electron chi connectivity index (χ2n) is 8.78. The Hall–Kier alpha value is -3.26. The minimum atomic E-state index is -5.34. The van der Waals surface area contributed by atoms with Crippen molar-refractivity contribution in [2.45, 2.75) is 43.8 Å². The average molecular weight is 653 g/mol. The van der Waals surface area contributed by atoms with Crippen LogP contribution in [0.2, 0.25) is 10.0 Å². The van der Waals surface area contributed by atoms with Crippen molar-refractivity contribution in [2.24, 2.45) is 0 Å². The Bertz CT molecular complexity index is 1350. The van der Waals surface area contributed by atoms with E-state index in [1.807, 2.05) is 0 Å². The normalized spacial score (nSPS) is 14.3. The van der Waals surface area contributed by atoms with Crippen molar-refractivity contribution in [3.8, 4) is 0 Å². The number of carbonyl (C=O) groups is 2. The van der Waals surface area contributed by atoms with E-state index in [1.165, 1.54) is 11.4 Å². The summed E-state index contributed by atoms with van der Waals surface area (Å²) in [4.78, 5) is 24.2. The van der Waals surface area contributed by atoms with Gasteiger partial charge in [0, 0.05) is 15.6 Å². The van der Waals surface area contributed by atoms with Crippen molar-refractivity contribution in [1.29, 1.82) is 0 Å². The Labute approximate surface area is 242 Å². The minimum absolute atomic E-state index is 0.0114. The van der Waals surface area contributed by atoms with Crippen LogP contribution in [-0.2, 0) is 17.4 Å². The quantitative estimate of drug-likeness (QED) is 0.212. The van der Waals surface area contributed by atoms with Crippen molar-refractivity contribution in [3.05, 3.63) is 86.9 Å². The fourth-order valence-corrected chi connectivity index (χ4v) is 4.23. The van der Waals surface area contributed by atoms with Gasteiger partial charge in [-0.25, -0.2) is 4.39 Å². The highest BCUT2D eigenvalue weighted by Crippen LogP contribution is 2.42. The third-order valence-corrected chi connectivity index (χ3v) is 6.26. The number of hydrogen-bond donors (Lipinski definition) is 2. The second kappa shape index (κ2) is 13.4. The van der Waals surface area contributed by atoms with Crippen molar-refractivity contribution >= 4 is 40.8 Å². The van der Waals surface area contributed by atoms with E-state index in [0.717, 1.165) is 19.1 Å². The first-order valence-corrected chi connectivity index (χ1v) is 12.3. The maximum Gasteiger partial charge on any atom is 0.417 e. The first-order valence-electron chi connectivity index (χ1n) is 11.5. The zero-order chi connectivity index (χ0) is 32.2. The zero-order valence-corrected chi connectivity index (χ0v) is 22.7. The largest absolute Gasteiger partial charge is 0.417 e. The van der Waals surface area contributed by atoms with Crippen LogP contribution >= 0.6 is 23.2 Å². The molecule has 0 aliphatic carbocycles. The topological polar surface area (TPSA) is 58.2 Å². The molecule has 0 radical (unpaired) electrons. The molecule has 2 rings (SSSR count). The van der Waals surface area contributed by atoms with Crippen LogP contribution in [0.3, 0.4) is 0 Å². The molecule has 230 valence electrons. The molecule has 0 bridgehead atoms. The number of rotatable bonds is 9. The first-order chi connectivity index (χ1) is 19.2. The number of nitrogens with one attached hydrogen (secondary N) is 2. The third-order valence-electron chi connectivity index (χ3n) is 5.59. The summed E-state index contributed by atoms with van der Waals surface area (Å²) in [5, 5.41) is 2.85. The standard InChI is InChI=1S/C26H20Cl2F10N2O2/c1-3-4-16-19(27)8-14(9-20(16)28)17(25(33,34)35)10-21(29)13-5-6-15(18(7-13)26(36,37)38)23(42)40-12(2)22(41)39-11-24(30,31)32/h3,5-10,12,17H,1,4,11H2,2H3,(H,39,41)(H,40,42)/b21-10-/t12-,17-/m1/s1. The van der Waals surface area contributed by atoms with Crippen molar-refractivity contribution in [2.75, 3.05) is 6.54 Å². The molecule has 2 amide bonds. The van der Waals surface area contributed by atoms with Gasteiger partial charge in [-0.3, -0.25) is 9.59 Å². The van der Waals surface area contributed by atoms with E-state index < -0.39 is 76.9 Å². The van der Waals surface area contributed by atoms with E-state index in [4.69, 9.17) is 23.2 Å². The van der Waals surface area contributed by atoms with Gasteiger partial charge < -0.3 is 10.6 Å². The molecule has 0 unspecified atom stereocenters. The summed E-state index contributed by atoms with van der Waals surface area (Å²) in [5.41, 5.74) is -4.29. The molecule has 2 atom stereocenters. The Morgan fingerprint density at radius 2 is 1.55 bits per heavy atom. The third kappa shape index (κ3) is 9.38. The van der Waals surface area contributed by atoms with Crippen LogP contribution in [0.15, 0.2) is 49.1 Å². The molecule has 0 fully saturated rings. The molecule has 4 nitrogen and oxygen atoms in total. The molecule has 0 saturated carbocycles. The van der Waals surface area contributed by atoms with Crippen LogP contribution in [0.4, 0.5) is 43.9 Å². The van der Waals surface area contributed by atoms with Crippen molar-refractivity contribution < 1.29 is 53.5 Å². The van der Waals surface area contributed by atoms with Crippen LogP contribution in [0.1, 0.15) is 45.5 Å². The zero-order valence-electron chi connectivity index (χ0n) is 21.2. The molecule has 42 heavy (non-hydrogen) atoms. The van der Waals surface area contributed by atoms with Gasteiger partial charge in [0.2, 0.25) is 5.91 Å². The Morgan fingerprint density at radius 1 is 0.976 bits per heavy atom. The summed E-state index contributed by atoms with van der Waals surface area (Å²) in [6.45, 7) is 2.60. The summed E-state index contributed by atoms with van der Waals surface area (Å²) < 4.78 is 135. The highest BCUT2D eigenvalue weighted by molar-refractivity contribution is 6.36. The van der Waals surface area contributed by atoms with Crippen LogP contribution < -0.4 is 10.6 Å². The average Bonchev–Trinajstić information content (AvgIpc) is 2.85. The predicted octanol–water partition coefficient (Wildman–Crippen LogP) is 8.19. The number of halogens is 12. The van der Waals surface area contributed by atoms with Crippen molar-refractivity contribution in [1.82, 2.24) is 10.6 Å². The fraction of sp³-hybridized carbons (Fsp3) is 0.308. The molecule has 16 heteroatoms. The number of benzene rings is 2. The van der Waals surface area contributed by atoms with E-state index >= 15 is 4.39 Å². The SMILES string of the molecule is C=CCc1c(Cl)cc([C@@H](/C=C(\F)c2ccc(C(=O)N[C@H](C)C(=O)NCC(F)(F)F)c(C(F)(F)F)c2)C(F)(F)F)cc1Cl. The summed E-state index contributed by atoms with van der Waals surface area (Å²) in [6.07, 6.45) is -13.8. The van der Waals surface area contributed by atoms with Crippen LogP contribution in [-0.4, -0.2) is 36.8 Å². The van der Waals surface area contributed by atoms with E-state index in [1.54, 1.807) is 5.32 Å². The molecular weight excluding hydrogens is 633 g/mol. The van der Waals surface area contributed by atoms with Gasteiger partial charge in [-0.2, -0.15) is 39.5 Å². The number of hydrogen-bond acceptors (Lipinski definition) is 2. The molecule has 0 heterocycles. The molecule has 0 aliphatic rings. The molecule has 0 spiro atoms. The van der Waals surface area contributed by atoms with Gasteiger partial charge >= 0.3 is 18.5 Å². The molecule has 0 saturated heterocycles. The molecule has 0 aromatic heterocycles. The minimum Gasteiger partial charge on any atom is -0.345 e. The van der Waals surface area contributed by atoms with E-state index in [0.29, 0.717) is 12.1 Å². The lowest BCUT2D eigenvalue weighted by Gasteiger charge is -2.20. The summed E-state index contributed by atoms with van der Waals surface area (Å²) in [6, 6.07) is 1.16. The fourth-order valence-electron chi connectivity index (χ4n) is 3.57. The first kappa shape index (κ1) is 34.9. The molecule has 2 aromatic rings. The maximum atomic E-state index is 15.1. The van der Waals surface area contributed by atoms with E-state index in [9.17, 15) is 49.1 Å². The maximum absolute atomic E-state index is 15.1. The van der Waals surface area contributed by atoms with E-state index in [-0.39, 0.29) is 34.2 Å². The van der Waals surface area contributed by atoms with Crippen LogP contribution in [0.25, 0.3) is 5.83 Å². The van der Waals surface area contributed by atoms with Gasteiger partial charge in [-0.1, -0.05) is 35.3 Å². The van der Waals surface area contributed by atoms with Crippen molar-refractivity contribution in [3.63, 3.8) is 0 Å². The Morgan fingerprint density at radius 3 is 2.02 bits per heavy atom. The molecule has 0 aliphatic heterocycles. The van der Waals surface area contributed by atoms with Crippen LogP contribution in [0, 0.1) is 0 Å². The lowest BCUT2D eigenvalue weighted by molar-refractivity contribution is -0.140. The van der Waals surface area contributed by atoms with Gasteiger partial charge in [0.15, 0.2) is 0 Å². The van der Waals surface area contributed by atoms with Crippen LogP contribution in [0.5, 0.6) is 0 Å². The van der Waals surface area contributed by atoms with Gasteiger partial charge in [0.1, 0.15) is 24.3 Å². The molecular formula is C26H20Cl2F10N2O2.